The maximum absolute atomic E-state index is 12.8. The van der Waals surface area contributed by atoms with Crippen LogP contribution in [-0.2, 0) is 16.0 Å². The number of ether oxygens (including phenoxy) is 1. The second-order valence-electron chi connectivity index (χ2n) is 8.48. The largest absolute Gasteiger partial charge is 0.361 e. The molecule has 1 atom stereocenters. The minimum absolute atomic E-state index is 0.172. The van der Waals surface area contributed by atoms with Crippen molar-refractivity contribution in [2.45, 2.75) is 64.8 Å². The van der Waals surface area contributed by atoms with Gasteiger partial charge in [-0.1, -0.05) is 55.5 Å². The van der Waals surface area contributed by atoms with Gasteiger partial charge in [0.05, 0.1) is 0 Å². The first kappa shape index (κ1) is 19.9. The average Bonchev–Trinajstić information content (AvgIpc) is 2.86. The van der Waals surface area contributed by atoms with Gasteiger partial charge in [0.15, 0.2) is 0 Å². The van der Waals surface area contributed by atoms with Gasteiger partial charge in [-0.15, -0.1) is 0 Å². The van der Waals surface area contributed by atoms with Crippen LogP contribution in [0.5, 0.6) is 0 Å². The molecule has 1 saturated heterocycles. The number of carbonyl (C=O) groups is 1. The Hall–Kier alpha value is -1.39. The molecule has 0 saturated carbocycles. The van der Waals surface area contributed by atoms with Crippen molar-refractivity contribution in [2.75, 3.05) is 13.3 Å². The maximum Gasteiger partial charge on any atom is 0.251 e. The quantitative estimate of drug-likeness (QED) is 0.376. The van der Waals surface area contributed by atoms with Crippen LogP contribution in [0.2, 0.25) is 25.7 Å². The van der Waals surface area contributed by atoms with Gasteiger partial charge in [0.2, 0.25) is 0 Å². The molecular formula is C21H33NO2Si. The van der Waals surface area contributed by atoms with Crippen LogP contribution in [0.1, 0.15) is 32.3 Å². The lowest BCUT2D eigenvalue weighted by Gasteiger charge is -2.25. The summed E-state index contributed by atoms with van der Waals surface area (Å²) >= 11 is 0. The zero-order valence-electron chi connectivity index (χ0n) is 16.5. The maximum atomic E-state index is 12.8. The Morgan fingerprint density at radius 3 is 2.48 bits per heavy atom. The molecule has 1 amide bonds. The Balaban J connectivity index is 1.96. The molecule has 1 aromatic rings. The van der Waals surface area contributed by atoms with Gasteiger partial charge in [-0.25, -0.2) is 0 Å². The molecule has 4 heteroatoms. The van der Waals surface area contributed by atoms with Gasteiger partial charge in [0, 0.05) is 26.3 Å². The van der Waals surface area contributed by atoms with Crippen LogP contribution in [0.3, 0.4) is 0 Å². The molecule has 0 aromatic heterocycles. The molecule has 1 fully saturated rings. The Kier molecular flexibility index (Phi) is 7.02. The zero-order chi connectivity index (χ0) is 18.4. The summed E-state index contributed by atoms with van der Waals surface area (Å²) in [5.74, 6) is 0.172. The number of likely N-dealkylation sites (tertiary alicyclic amines) is 1. The number of amides is 1. The van der Waals surface area contributed by atoms with E-state index >= 15 is 0 Å². The van der Waals surface area contributed by atoms with Crippen molar-refractivity contribution in [1.29, 1.82) is 0 Å². The fourth-order valence-electron chi connectivity index (χ4n) is 3.13. The van der Waals surface area contributed by atoms with Crippen molar-refractivity contribution >= 4 is 14.0 Å². The molecule has 1 unspecified atom stereocenters. The van der Waals surface area contributed by atoms with Crippen LogP contribution in [0.25, 0.3) is 0 Å². The number of hydrogen-bond acceptors (Lipinski definition) is 2. The van der Waals surface area contributed by atoms with Crippen molar-refractivity contribution in [2.24, 2.45) is 0 Å². The number of nitrogens with zero attached hydrogens (tertiary/aromatic N) is 1. The lowest BCUT2D eigenvalue weighted by molar-refractivity contribution is -0.131. The first-order valence-electron chi connectivity index (χ1n) is 9.37. The van der Waals surface area contributed by atoms with E-state index in [-0.39, 0.29) is 11.9 Å². The van der Waals surface area contributed by atoms with E-state index in [1.807, 2.05) is 24.8 Å². The molecule has 1 aliphatic heterocycles. The van der Waals surface area contributed by atoms with E-state index in [9.17, 15) is 4.79 Å². The van der Waals surface area contributed by atoms with E-state index in [1.165, 1.54) is 5.56 Å². The molecule has 1 heterocycles. The molecule has 0 radical (unpaired) electrons. The highest BCUT2D eigenvalue weighted by molar-refractivity contribution is 6.76. The van der Waals surface area contributed by atoms with Gasteiger partial charge in [0.1, 0.15) is 6.73 Å². The topological polar surface area (TPSA) is 29.5 Å². The number of allylic oxidation sites excluding steroid dienone is 1. The summed E-state index contributed by atoms with van der Waals surface area (Å²) in [5.41, 5.74) is 3.45. The number of aryl methyl sites for hydroxylation is 1. The summed E-state index contributed by atoms with van der Waals surface area (Å²) in [5, 5.41) is 0. The lowest BCUT2D eigenvalue weighted by atomic mass is 10.0. The summed E-state index contributed by atoms with van der Waals surface area (Å²) in [6.07, 6.45) is 2.84. The molecule has 0 spiro atoms. The molecule has 0 N–H and O–H groups in total. The smallest absolute Gasteiger partial charge is 0.251 e. The molecule has 3 nitrogen and oxygen atoms in total. The Labute approximate surface area is 154 Å². The first-order valence-corrected chi connectivity index (χ1v) is 13.1. The predicted octanol–water partition coefficient (Wildman–Crippen LogP) is 4.87. The van der Waals surface area contributed by atoms with Crippen LogP contribution in [0.15, 0.2) is 41.5 Å². The van der Waals surface area contributed by atoms with E-state index in [4.69, 9.17) is 4.74 Å². The third-order valence-electron chi connectivity index (χ3n) is 4.84. The van der Waals surface area contributed by atoms with Crippen LogP contribution < -0.4 is 0 Å². The molecule has 0 bridgehead atoms. The van der Waals surface area contributed by atoms with Gasteiger partial charge in [-0.3, -0.25) is 4.79 Å². The summed E-state index contributed by atoms with van der Waals surface area (Å²) in [7, 11) is -1.10. The van der Waals surface area contributed by atoms with Gasteiger partial charge < -0.3 is 9.64 Å². The molecule has 1 aliphatic rings. The summed E-state index contributed by atoms with van der Waals surface area (Å²) in [4.78, 5) is 14.7. The van der Waals surface area contributed by atoms with Crippen LogP contribution in [0.4, 0.5) is 0 Å². The van der Waals surface area contributed by atoms with Crippen molar-refractivity contribution in [3.05, 3.63) is 47.0 Å². The second kappa shape index (κ2) is 8.81. The number of hydrogen-bond donors (Lipinski definition) is 0. The molecule has 25 heavy (non-hydrogen) atoms. The van der Waals surface area contributed by atoms with E-state index in [0.29, 0.717) is 6.73 Å². The van der Waals surface area contributed by atoms with Crippen molar-refractivity contribution in [1.82, 2.24) is 4.90 Å². The highest BCUT2D eigenvalue weighted by Crippen LogP contribution is 2.29. The summed E-state index contributed by atoms with van der Waals surface area (Å²) in [6.45, 7) is 12.3. The number of benzene rings is 1. The van der Waals surface area contributed by atoms with E-state index in [1.54, 1.807) is 0 Å². The Morgan fingerprint density at radius 1 is 1.20 bits per heavy atom. The molecule has 138 valence electrons. The Bertz CT molecular complexity index is 600. The van der Waals surface area contributed by atoms with Crippen LogP contribution in [-0.4, -0.2) is 38.3 Å². The van der Waals surface area contributed by atoms with E-state index in [2.05, 4.69) is 43.9 Å². The highest BCUT2D eigenvalue weighted by Gasteiger charge is 2.35. The fourth-order valence-corrected chi connectivity index (χ4v) is 3.89. The third kappa shape index (κ3) is 6.12. The Morgan fingerprint density at radius 2 is 1.88 bits per heavy atom. The average molecular weight is 360 g/mol. The first-order chi connectivity index (χ1) is 11.8. The van der Waals surface area contributed by atoms with E-state index < -0.39 is 8.07 Å². The zero-order valence-corrected chi connectivity index (χ0v) is 17.5. The van der Waals surface area contributed by atoms with E-state index in [0.717, 1.165) is 43.1 Å². The standard InChI is InChI=1S/C21H33NO2Si/c1-17(2)20-15-19(12-11-18-9-7-6-8-10-18)22(21(20)23)16-24-13-14-25(3,4)5/h6-10,19H,11-16H2,1-5H3. The third-order valence-corrected chi connectivity index (χ3v) is 6.54. The molecule has 1 aromatic carbocycles. The molecular weight excluding hydrogens is 326 g/mol. The summed E-state index contributed by atoms with van der Waals surface area (Å²) < 4.78 is 5.89. The summed E-state index contributed by atoms with van der Waals surface area (Å²) in [6, 6.07) is 11.9. The van der Waals surface area contributed by atoms with Crippen LogP contribution >= 0.6 is 0 Å². The second-order valence-corrected chi connectivity index (χ2v) is 14.1. The SMILES string of the molecule is CC(C)=C1CC(CCc2ccccc2)N(COCC[Si](C)(C)C)C1=O. The monoisotopic (exact) mass is 359 g/mol. The van der Waals surface area contributed by atoms with Crippen molar-refractivity contribution in [3.8, 4) is 0 Å². The van der Waals surface area contributed by atoms with Gasteiger partial charge in [-0.2, -0.15) is 0 Å². The van der Waals surface area contributed by atoms with Crippen LogP contribution in [0, 0.1) is 0 Å². The predicted molar refractivity (Wildman–Crippen MR) is 107 cm³/mol. The van der Waals surface area contributed by atoms with Gasteiger partial charge >= 0.3 is 0 Å². The molecule has 0 aliphatic carbocycles. The number of carbonyl (C=O) groups excluding carboxylic acids is 1. The fraction of sp³-hybridized carbons (Fsp3) is 0.571. The lowest BCUT2D eigenvalue weighted by Crippen LogP contribution is -2.36. The van der Waals surface area contributed by atoms with Gasteiger partial charge in [0.25, 0.3) is 5.91 Å². The highest BCUT2D eigenvalue weighted by atomic mass is 28.3. The minimum Gasteiger partial charge on any atom is -0.361 e. The van der Waals surface area contributed by atoms with Crippen molar-refractivity contribution in [3.63, 3.8) is 0 Å². The normalized spacial score (nSPS) is 18.1. The molecule has 2 rings (SSSR count). The minimum atomic E-state index is -1.10. The number of rotatable bonds is 8. The van der Waals surface area contributed by atoms with Crippen molar-refractivity contribution < 1.29 is 9.53 Å². The van der Waals surface area contributed by atoms with Gasteiger partial charge in [-0.05, 0) is 44.7 Å².